The Morgan fingerprint density at radius 3 is 2.91 bits per heavy atom. The molecule has 118 valence electrons. The van der Waals surface area contributed by atoms with Gasteiger partial charge >= 0.3 is 6.03 Å². The van der Waals surface area contributed by atoms with Gasteiger partial charge in [-0.25, -0.2) is 9.18 Å². The third kappa shape index (κ3) is 3.50. The Morgan fingerprint density at radius 1 is 1.39 bits per heavy atom. The maximum atomic E-state index is 12.8. The van der Waals surface area contributed by atoms with Crippen molar-refractivity contribution in [2.75, 3.05) is 11.9 Å². The second-order valence-corrected chi connectivity index (χ2v) is 6.29. The third-order valence-corrected chi connectivity index (χ3v) is 4.78. The van der Waals surface area contributed by atoms with Crippen molar-refractivity contribution in [2.24, 2.45) is 0 Å². The highest BCUT2D eigenvalue weighted by Gasteiger charge is 2.21. The van der Waals surface area contributed by atoms with E-state index in [0.717, 1.165) is 35.5 Å². The van der Waals surface area contributed by atoms with Crippen molar-refractivity contribution in [1.29, 1.82) is 5.26 Å². The van der Waals surface area contributed by atoms with Gasteiger partial charge in [0.1, 0.15) is 16.9 Å². The number of hydrogen-bond acceptors (Lipinski definition) is 4. The molecule has 7 heteroatoms. The standard InChI is InChI=1S/C16H15FN4OS/c17-11-3-1-10(2-4-11)8-20-16(22)21-15-13(7-18)12-5-6-19-9-14(12)23-15/h1-4,19H,5-6,8-9H2,(H2,20,21,22). The van der Waals surface area contributed by atoms with Crippen LogP contribution in [0.2, 0.25) is 0 Å². The molecule has 0 fully saturated rings. The second-order valence-electron chi connectivity index (χ2n) is 5.18. The van der Waals surface area contributed by atoms with E-state index >= 15 is 0 Å². The van der Waals surface area contributed by atoms with Crippen LogP contribution in [-0.2, 0) is 19.5 Å². The maximum absolute atomic E-state index is 12.8. The van der Waals surface area contributed by atoms with Crippen LogP contribution in [0.15, 0.2) is 24.3 Å². The number of carbonyl (C=O) groups is 1. The van der Waals surface area contributed by atoms with Crippen molar-refractivity contribution >= 4 is 22.4 Å². The molecule has 5 nitrogen and oxygen atoms in total. The van der Waals surface area contributed by atoms with E-state index in [-0.39, 0.29) is 11.8 Å². The van der Waals surface area contributed by atoms with Crippen molar-refractivity contribution in [1.82, 2.24) is 10.6 Å². The van der Waals surface area contributed by atoms with Gasteiger partial charge in [-0.15, -0.1) is 11.3 Å². The quantitative estimate of drug-likeness (QED) is 0.810. The zero-order valence-electron chi connectivity index (χ0n) is 12.3. The molecule has 2 aromatic rings. The van der Waals surface area contributed by atoms with Crippen molar-refractivity contribution in [3.63, 3.8) is 0 Å². The highest BCUT2D eigenvalue weighted by Crippen LogP contribution is 2.34. The summed E-state index contributed by atoms with van der Waals surface area (Å²) < 4.78 is 12.8. The van der Waals surface area contributed by atoms with Gasteiger partial charge in [-0.05, 0) is 36.2 Å². The summed E-state index contributed by atoms with van der Waals surface area (Å²) in [6.45, 7) is 1.86. The van der Waals surface area contributed by atoms with Crippen LogP contribution in [0.1, 0.15) is 21.6 Å². The number of amides is 2. The average Bonchev–Trinajstić information content (AvgIpc) is 2.91. The summed E-state index contributed by atoms with van der Waals surface area (Å²) in [4.78, 5) is 13.1. The van der Waals surface area contributed by atoms with Crippen LogP contribution in [0.5, 0.6) is 0 Å². The van der Waals surface area contributed by atoms with Gasteiger partial charge in [0.2, 0.25) is 0 Å². The van der Waals surface area contributed by atoms with Crippen LogP contribution in [0.4, 0.5) is 14.2 Å². The van der Waals surface area contributed by atoms with Gasteiger partial charge < -0.3 is 10.6 Å². The Balaban J connectivity index is 1.65. The molecule has 0 unspecified atom stereocenters. The molecule has 0 aliphatic carbocycles. The van der Waals surface area contributed by atoms with E-state index in [1.807, 2.05) is 0 Å². The predicted octanol–water partition coefficient (Wildman–Crippen LogP) is 2.73. The van der Waals surface area contributed by atoms with E-state index in [0.29, 0.717) is 17.1 Å². The minimum absolute atomic E-state index is 0.292. The zero-order chi connectivity index (χ0) is 16.2. The monoisotopic (exact) mass is 330 g/mol. The molecule has 0 bridgehead atoms. The molecule has 0 atom stereocenters. The number of nitrogens with zero attached hydrogens (tertiary/aromatic N) is 1. The number of hydrogen-bond donors (Lipinski definition) is 3. The number of anilines is 1. The van der Waals surface area contributed by atoms with E-state index in [1.165, 1.54) is 23.5 Å². The molecule has 0 radical (unpaired) electrons. The van der Waals surface area contributed by atoms with E-state index < -0.39 is 0 Å². The Labute approximate surface area is 137 Å². The lowest BCUT2D eigenvalue weighted by Crippen LogP contribution is -2.28. The summed E-state index contributed by atoms with van der Waals surface area (Å²) in [5, 5.41) is 18.6. The van der Waals surface area contributed by atoms with Crippen LogP contribution >= 0.6 is 11.3 Å². The molecule has 0 saturated heterocycles. The zero-order valence-corrected chi connectivity index (χ0v) is 13.1. The molecule has 23 heavy (non-hydrogen) atoms. The molecule has 0 saturated carbocycles. The minimum atomic E-state index is -0.377. The van der Waals surface area contributed by atoms with Crippen LogP contribution in [-0.4, -0.2) is 12.6 Å². The Morgan fingerprint density at radius 2 is 2.17 bits per heavy atom. The lowest BCUT2D eigenvalue weighted by atomic mass is 10.1. The van der Waals surface area contributed by atoms with Crippen LogP contribution in [0.25, 0.3) is 0 Å². The lowest BCUT2D eigenvalue weighted by molar-refractivity contribution is 0.252. The summed E-state index contributed by atoms with van der Waals surface area (Å²) in [5.74, 6) is -0.311. The first kappa shape index (κ1) is 15.5. The summed E-state index contributed by atoms with van der Waals surface area (Å²) in [7, 11) is 0. The van der Waals surface area contributed by atoms with Crippen molar-refractivity contribution in [3.05, 3.63) is 51.7 Å². The fourth-order valence-corrected chi connectivity index (χ4v) is 3.64. The number of carbonyl (C=O) groups excluding carboxylic acids is 1. The van der Waals surface area contributed by atoms with Gasteiger partial charge in [-0.1, -0.05) is 12.1 Å². The van der Waals surface area contributed by atoms with E-state index in [4.69, 9.17) is 0 Å². The fraction of sp³-hybridized carbons (Fsp3) is 0.250. The smallest absolute Gasteiger partial charge is 0.320 e. The summed E-state index contributed by atoms with van der Waals surface area (Å²) in [6.07, 6.45) is 0.799. The second kappa shape index (κ2) is 6.77. The van der Waals surface area contributed by atoms with Gasteiger partial charge in [0.05, 0.1) is 5.56 Å². The molecule has 0 spiro atoms. The molecule has 1 aromatic heterocycles. The molecule has 1 aliphatic heterocycles. The Bertz CT molecular complexity index is 764. The van der Waals surface area contributed by atoms with Crippen LogP contribution in [0, 0.1) is 17.1 Å². The number of thiophene rings is 1. The molecular weight excluding hydrogens is 315 g/mol. The SMILES string of the molecule is N#Cc1c(NC(=O)NCc2ccc(F)cc2)sc2c1CCNC2. The first-order chi connectivity index (χ1) is 11.2. The fourth-order valence-electron chi connectivity index (χ4n) is 2.47. The number of rotatable bonds is 3. The summed E-state index contributed by atoms with van der Waals surface area (Å²) in [5.41, 5.74) is 2.39. The molecule has 2 amide bonds. The highest BCUT2D eigenvalue weighted by atomic mass is 32.1. The molecular formula is C16H15FN4OS. The number of nitriles is 1. The third-order valence-electron chi connectivity index (χ3n) is 3.63. The van der Waals surface area contributed by atoms with E-state index in [9.17, 15) is 14.4 Å². The topological polar surface area (TPSA) is 77.0 Å². The van der Waals surface area contributed by atoms with Crippen LogP contribution in [0.3, 0.4) is 0 Å². The number of benzene rings is 1. The van der Waals surface area contributed by atoms with Gasteiger partial charge in [-0.2, -0.15) is 5.26 Å². The average molecular weight is 330 g/mol. The number of nitrogens with one attached hydrogen (secondary N) is 3. The largest absolute Gasteiger partial charge is 0.334 e. The lowest BCUT2D eigenvalue weighted by Gasteiger charge is -2.11. The van der Waals surface area contributed by atoms with Gasteiger partial charge in [0.25, 0.3) is 0 Å². The van der Waals surface area contributed by atoms with Crippen molar-refractivity contribution in [3.8, 4) is 6.07 Å². The van der Waals surface area contributed by atoms with E-state index in [2.05, 4.69) is 22.0 Å². The van der Waals surface area contributed by atoms with E-state index in [1.54, 1.807) is 12.1 Å². The molecule has 3 N–H and O–H groups in total. The normalized spacial score (nSPS) is 13.0. The summed E-state index contributed by atoms with van der Waals surface area (Å²) >= 11 is 1.43. The van der Waals surface area contributed by atoms with Crippen molar-refractivity contribution < 1.29 is 9.18 Å². The number of halogens is 1. The van der Waals surface area contributed by atoms with Gasteiger partial charge in [-0.3, -0.25) is 5.32 Å². The molecule has 2 heterocycles. The maximum Gasteiger partial charge on any atom is 0.320 e. The Hall–Kier alpha value is -2.43. The van der Waals surface area contributed by atoms with Crippen molar-refractivity contribution in [2.45, 2.75) is 19.5 Å². The number of fused-ring (bicyclic) bond motifs is 1. The number of urea groups is 1. The van der Waals surface area contributed by atoms with Gasteiger partial charge in [0.15, 0.2) is 0 Å². The minimum Gasteiger partial charge on any atom is -0.334 e. The molecule has 1 aliphatic rings. The highest BCUT2D eigenvalue weighted by molar-refractivity contribution is 7.16. The Kier molecular flexibility index (Phi) is 4.55. The predicted molar refractivity (Wildman–Crippen MR) is 86.7 cm³/mol. The molecule has 3 rings (SSSR count). The first-order valence-corrected chi connectivity index (χ1v) is 8.03. The van der Waals surface area contributed by atoms with Crippen LogP contribution < -0.4 is 16.0 Å². The molecule has 1 aromatic carbocycles. The summed E-state index contributed by atoms with van der Waals surface area (Å²) in [6, 6.07) is 7.74. The van der Waals surface area contributed by atoms with Gasteiger partial charge in [0, 0.05) is 18.0 Å². The first-order valence-electron chi connectivity index (χ1n) is 7.22.